The second-order valence-corrected chi connectivity index (χ2v) is 6.28. The van der Waals surface area contributed by atoms with E-state index in [9.17, 15) is 9.90 Å². The predicted molar refractivity (Wildman–Crippen MR) is 86.6 cm³/mol. The standard InChI is InChI=1S/C18H13NO2S/c20-18(21)16-13-5-1-2-6-15(13)19-17-11(7-8-14(16)17)10-12-4-3-9-22-12/h1-6,9-10H,7-8H2,(H,20,21)/p-1/b11-10+. The number of rotatable bonds is 2. The lowest BCUT2D eigenvalue weighted by Crippen LogP contribution is -2.24. The van der Waals surface area contributed by atoms with E-state index in [4.69, 9.17) is 4.98 Å². The number of carbonyl (C=O) groups is 1. The first-order valence-electron chi connectivity index (χ1n) is 7.11. The Kier molecular flexibility index (Phi) is 3.05. The van der Waals surface area contributed by atoms with Gasteiger partial charge in [-0.2, -0.15) is 0 Å². The number of para-hydroxylation sites is 1. The van der Waals surface area contributed by atoms with Crippen LogP contribution in [0.25, 0.3) is 22.6 Å². The summed E-state index contributed by atoms with van der Waals surface area (Å²) >= 11 is 1.67. The number of allylic oxidation sites excluding steroid dienone is 1. The molecule has 1 aliphatic rings. The van der Waals surface area contributed by atoms with E-state index < -0.39 is 5.97 Å². The minimum absolute atomic E-state index is 0.301. The summed E-state index contributed by atoms with van der Waals surface area (Å²) in [4.78, 5) is 17.5. The maximum atomic E-state index is 11.6. The number of carboxylic acid groups (broad SMARTS) is 1. The Morgan fingerprint density at radius 1 is 1.18 bits per heavy atom. The van der Waals surface area contributed by atoms with Gasteiger partial charge in [-0.05, 0) is 47.6 Å². The first kappa shape index (κ1) is 13.2. The molecule has 3 nitrogen and oxygen atoms in total. The van der Waals surface area contributed by atoms with E-state index in [1.807, 2.05) is 29.6 Å². The summed E-state index contributed by atoms with van der Waals surface area (Å²) in [6.07, 6.45) is 3.63. The Bertz CT molecular complexity index is 910. The highest BCUT2D eigenvalue weighted by molar-refractivity contribution is 7.10. The van der Waals surface area contributed by atoms with Crippen LogP contribution in [0.2, 0.25) is 0 Å². The van der Waals surface area contributed by atoms with Crippen molar-refractivity contribution in [1.82, 2.24) is 4.98 Å². The van der Waals surface area contributed by atoms with Gasteiger partial charge in [0.15, 0.2) is 0 Å². The van der Waals surface area contributed by atoms with Crippen LogP contribution in [0.5, 0.6) is 0 Å². The first-order chi connectivity index (χ1) is 10.7. The number of fused-ring (bicyclic) bond motifs is 2. The molecule has 0 aliphatic heterocycles. The predicted octanol–water partition coefficient (Wildman–Crippen LogP) is 3.15. The fourth-order valence-electron chi connectivity index (χ4n) is 3.06. The fourth-order valence-corrected chi connectivity index (χ4v) is 3.74. The van der Waals surface area contributed by atoms with Crippen molar-refractivity contribution >= 4 is 39.9 Å². The van der Waals surface area contributed by atoms with Gasteiger partial charge in [0.05, 0.1) is 17.2 Å². The van der Waals surface area contributed by atoms with Crippen molar-refractivity contribution in [1.29, 1.82) is 0 Å². The third-order valence-electron chi connectivity index (χ3n) is 4.01. The monoisotopic (exact) mass is 306 g/mol. The molecule has 0 atom stereocenters. The number of thiophene rings is 1. The number of carboxylic acids is 1. The van der Waals surface area contributed by atoms with E-state index in [2.05, 4.69) is 12.1 Å². The number of aromatic nitrogens is 1. The molecule has 0 saturated carbocycles. The van der Waals surface area contributed by atoms with E-state index >= 15 is 0 Å². The molecular weight excluding hydrogens is 294 g/mol. The molecule has 0 fully saturated rings. The van der Waals surface area contributed by atoms with E-state index in [0.717, 1.165) is 28.1 Å². The van der Waals surface area contributed by atoms with Gasteiger partial charge in [-0.3, -0.25) is 0 Å². The van der Waals surface area contributed by atoms with E-state index in [-0.39, 0.29) is 0 Å². The molecule has 0 N–H and O–H groups in total. The van der Waals surface area contributed by atoms with Crippen molar-refractivity contribution in [2.75, 3.05) is 0 Å². The highest BCUT2D eigenvalue weighted by atomic mass is 32.1. The summed E-state index contributed by atoms with van der Waals surface area (Å²) in [7, 11) is 0. The Labute approximate surface area is 131 Å². The van der Waals surface area contributed by atoms with Crippen LogP contribution in [0, 0.1) is 0 Å². The molecule has 4 rings (SSSR count). The fraction of sp³-hybridized carbons (Fsp3) is 0.111. The third-order valence-corrected chi connectivity index (χ3v) is 4.82. The number of hydrogen-bond acceptors (Lipinski definition) is 4. The molecule has 108 valence electrons. The van der Waals surface area contributed by atoms with Gasteiger partial charge in [0.1, 0.15) is 0 Å². The lowest BCUT2D eigenvalue weighted by molar-refractivity contribution is -0.254. The summed E-state index contributed by atoms with van der Waals surface area (Å²) in [6, 6.07) is 11.4. The van der Waals surface area contributed by atoms with E-state index in [1.54, 1.807) is 17.4 Å². The molecule has 2 heterocycles. The second-order valence-electron chi connectivity index (χ2n) is 5.30. The molecule has 1 aliphatic carbocycles. The molecule has 0 bridgehead atoms. The number of pyridine rings is 1. The minimum atomic E-state index is -1.12. The molecule has 1 aromatic carbocycles. The lowest BCUT2D eigenvalue weighted by Gasteiger charge is -2.13. The molecule has 22 heavy (non-hydrogen) atoms. The van der Waals surface area contributed by atoms with Crippen LogP contribution < -0.4 is 5.11 Å². The van der Waals surface area contributed by atoms with Crippen LogP contribution in [0.15, 0.2) is 41.8 Å². The normalized spacial score (nSPS) is 15.4. The quantitative estimate of drug-likeness (QED) is 0.731. The van der Waals surface area contributed by atoms with E-state index in [0.29, 0.717) is 22.9 Å². The highest BCUT2D eigenvalue weighted by Gasteiger charge is 2.23. The molecule has 0 spiro atoms. The Morgan fingerprint density at radius 2 is 2.05 bits per heavy atom. The van der Waals surface area contributed by atoms with Gasteiger partial charge >= 0.3 is 0 Å². The summed E-state index contributed by atoms with van der Waals surface area (Å²) in [5, 5.41) is 14.3. The van der Waals surface area contributed by atoms with Crippen LogP contribution in [-0.2, 0) is 6.42 Å². The van der Waals surface area contributed by atoms with Gasteiger partial charge < -0.3 is 9.90 Å². The Morgan fingerprint density at radius 3 is 2.82 bits per heavy atom. The van der Waals surface area contributed by atoms with Crippen molar-refractivity contribution in [3.05, 3.63) is 63.5 Å². The van der Waals surface area contributed by atoms with Crippen molar-refractivity contribution in [3.63, 3.8) is 0 Å². The molecular formula is C18H12NO2S-. The van der Waals surface area contributed by atoms with Gasteiger partial charge in [0.25, 0.3) is 0 Å². The van der Waals surface area contributed by atoms with E-state index in [1.165, 1.54) is 0 Å². The van der Waals surface area contributed by atoms with Crippen molar-refractivity contribution in [2.45, 2.75) is 12.8 Å². The zero-order chi connectivity index (χ0) is 15.1. The van der Waals surface area contributed by atoms with Crippen LogP contribution in [0.1, 0.15) is 32.9 Å². The summed E-state index contributed by atoms with van der Waals surface area (Å²) in [5.74, 6) is -1.12. The van der Waals surface area contributed by atoms with Gasteiger partial charge in [-0.15, -0.1) is 11.3 Å². The van der Waals surface area contributed by atoms with Crippen molar-refractivity contribution in [2.24, 2.45) is 0 Å². The van der Waals surface area contributed by atoms with Gasteiger partial charge in [0, 0.05) is 15.8 Å². The highest BCUT2D eigenvalue weighted by Crippen LogP contribution is 2.37. The summed E-state index contributed by atoms with van der Waals surface area (Å²) in [6.45, 7) is 0. The average Bonchev–Trinajstić information content (AvgIpc) is 3.15. The number of hydrogen-bond donors (Lipinski definition) is 0. The minimum Gasteiger partial charge on any atom is -0.545 e. The van der Waals surface area contributed by atoms with Crippen LogP contribution in [-0.4, -0.2) is 11.0 Å². The molecule has 0 radical (unpaired) electrons. The molecule has 2 aromatic heterocycles. The van der Waals surface area contributed by atoms with Crippen LogP contribution in [0.4, 0.5) is 0 Å². The molecule has 3 aromatic rings. The SMILES string of the molecule is O=C([O-])c1c2c(nc3ccccc13)/C(=C/c1cccs1)CC2. The Hall–Kier alpha value is -2.46. The number of benzene rings is 1. The van der Waals surface area contributed by atoms with Gasteiger partial charge in [-0.25, -0.2) is 4.98 Å². The van der Waals surface area contributed by atoms with Crippen molar-refractivity contribution in [3.8, 4) is 0 Å². The maximum Gasteiger partial charge on any atom is 0.0725 e. The van der Waals surface area contributed by atoms with Crippen molar-refractivity contribution < 1.29 is 9.90 Å². The molecule has 0 amide bonds. The average molecular weight is 306 g/mol. The zero-order valence-corrected chi connectivity index (χ0v) is 12.5. The summed E-state index contributed by atoms with van der Waals surface area (Å²) in [5.41, 5.74) is 3.73. The number of carbonyl (C=O) groups excluding carboxylic acids is 1. The molecule has 0 saturated heterocycles. The topological polar surface area (TPSA) is 53.0 Å². The van der Waals surface area contributed by atoms with Crippen LogP contribution >= 0.6 is 11.3 Å². The van der Waals surface area contributed by atoms with Crippen LogP contribution in [0.3, 0.4) is 0 Å². The molecule has 4 heteroatoms. The lowest BCUT2D eigenvalue weighted by atomic mass is 10.0. The molecule has 0 unspecified atom stereocenters. The third kappa shape index (κ3) is 2.04. The zero-order valence-electron chi connectivity index (χ0n) is 11.7. The smallest absolute Gasteiger partial charge is 0.0725 e. The van der Waals surface area contributed by atoms with Gasteiger partial charge in [0.2, 0.25) is 0 Å². The van der Waals surface area contributed by atoms with Gasteiger partial charge in [-0.1, -0.05) is 24.3 Å². The second kappa shape index (κ2) is 5.07. The largest absolute Gasteiger partial charge is 0.545 e. The maximum absolute atomic E-state index is 11.6. The Balaban J connectivity index is 1.99. The number of aromatic carboxylic acids is 1. The summed E-state index contributed by atoms with van der Waals surface area (Å²) < 4.78 is 0. The number of nitrogens with zero attached hydrogens (tertiary/aromatic N) is 1. The first-order valence-corrected chi connectivity index (χ1v) is 7.99.